The van der Waals surface area contributed by atoms with Gasteiger partial charge < -0.3 is 10.1 Å². The molecule has 0 heterocycles. The lowest BCUT2D eigenvalue weighted by atomic mass is 9.97. The summed E-state index contributed by atoms with van der Waals surface area (Å²) in [7, 11) is 0. The molecule has 1 atom stereocenters. The zero-order valence-electron chi connectivity index (χ0n) is 16.2. The molecule has 2 aromatic carbocycles. The van der Waals surface area contributed by atoms with Gasteiger partial charge in [0.15, 0.2) is 0 Å². The largest absolute Gasteiger partial charge is 0.494 e. The molecule has 2 rings (SSSR count). The normalized spacial score (nSPS) is 12.2. The zero-order chi connectivity index (χ0) is 18.1. The Bertz CT molecular complexity index is 601. The van der Waals surface area contributed by atoms with Gasteiger partial charge in [-0.15, -0.1) is 0 Å². The average molecular weight is 340 g/mol. The maximum atomic E-state index is 5.71. The van der Waals surface area contributed by atoms with Gasteiger partial charge in [0.25, 0.3) is 0 Å². The van der Waals surface area contributed by atoms with Crippen molar-refractivity contribution < 1.29 is 4.74 Å². The number of nitrogens with one attached hydrogen (secondary N) is 1. The molecule has 0 saturated carbocycles. The second kappa shape index (κ2) is 10.1. The molecule has 0 aliphatic rings. The minimum atomic E-state index is 0.480. The van der Waals surface area contributed by atoms with E-state index in [1.807, 2.05) is 12.1 Å². The third-order valence-corrected chi connectivity index (χ3v) is 4.43. The highest BCUT2D eigenvalue weighted by Gasteiger charge is 2.06. The first kappa shape index (κ1) is 19.4. The van der Waals surface area contributed by atoms with Gasteiger partial charge in [0.05, 0.1) is 6.61 Å². The van der Waals surface area contributed by atoms with E-state index < -0.39 is 0 Å². The highest BCUT2D eigenvalue weighted by Crippen LogP contribution is 2.20. The van der Waals surface area contributed by atoms with Crippen LogP contribution < -0.4 is 10.1 Å². The van der Waals surface area contributed by atoms with Crippen molar-refractivity contribution in [2.24, 2.45) is 5.92 Å². The maximum absolute atomic E-state index is 5.71. The van der Waals surface area contributed by atoms with Crippen LogP contribution in [-0.2, 0) is 6.42 Å². The number of ether oxygens (including phenoxy) is 1. The van der Waals surface area contributed by atoms with E-state index in [2.05, 4.69) is 69.4 Å². The van der Waals surface area contributed by atoms with Crippen LogP contribution in [0.3, 0.4) is 0 Å². The summed E-state index contributed by atoms with van der Waals surface area (Å²) in [6, 6.07) is 17.4. The van der Waals surface area contributed by atoms with E-state index in [0.717, 1.165) is 43.9 Å². The van der Waals surface area contributed by atoms with E-state index in [1.165, 1.54) is 11.1 Å². The standard InChI is InChI=1S/C23H33NO/c1-5-6-15-25-23-13-11-22(12-14-23)24-17-19(4)21-9-7-20(8-10-21)16-18(2)3/h7-14,18-19,24H,5-6,15-17H2,1-4H3. The third-order valence-electron chi connectivity index (χ3n) is 4.43. The van der Waals surface area contributed by atoms with Crippen molar-refractivity contribution in [2.75, 3.05) is 18.5 Å². The lowest BCUT2D eigenvalue weighted by molar-refractivity contribution is 0.309. The molecule has 0 spiro atoms. The molecule has 2 aromatic rings. The Balaban J connectivity index is 1.81. The second-order valence-corrected chi connectivity index (χ2v) is 7.35. The van der Waals surface area contributed by atoms with Gasteiger partial charge >= 0.3 is 0 Å². The second-order valence-electron chi connectivity index (χ2n) is 7.35. The van der Waals surface area contributed by atoms with Crippen molar-refractivity contribution in [1.82, 2.24) is 0 Å². The number of unbranched alkanes of at least 4 members (excludes halogenated alkanes) is 1. The summed E-state index contributed by atoms with van der Waals surface area (Å²) in [5, 5.41) is 3.53. The number of hydrogen-bond acceptors (Lipinski definition) is 2. The van der Waals surface area contributed by atoms with Crippen LogP contribution in [-0.4, -0.2) is 13.2 Å². The summed E-state index contributed by atoms with van der Waals surface area (Å²) in [6.45, 7) is 10.7. The predicted octanol–water partition coefficient (Wildman–Crippen LogP) is 6.28. The molecule has 2 heteroatoms. The Morgan fingerprint density at radius 3 is 2.20 bits per heavy atom. The van der Waals surface area contributed by atoms with Gasteiger partial charge in [-0.05, 0) is 60.1 Å². The molecule has 0 amide bonds. The van der Waals surface area contributed by atoms with E-state index in [0.29, 0.717) is 11.8 Å². The van der Waals surface area contributed by atoms with Gasteiger partial charge in [0, 0.05) is 12.2 Å². The van der Waals surface area contributed by atoms with Crippen LogP contribution in [0, 0.1) is 5.92 Å². The molecule has 0 radical (unpaired) electrons. The van der Waals surface area contributed by atoms with Crippen molar-refractivity contribution in [3.63, 3.8) is 0 Å². The van der Waals surface area contributed by atoms with Gasteiger partial charge in [-0.3, -0.25) is 0 Å². The van der Waals surface area contributed by atoms with E-state index >= 15 is 0 Å². The average Bonchev–Trinajstić information content (AvgIpc) is 2.61. The van der Waals surface area contributed by atoms with Crippen molar-refractivity contribution in [1.29, 1.82) is 0 Å². The van der Waals surface area contributed by atoms with Crippen molar-refractivity contribution in [3.05, 3.63) is 59.7 Å². The maximum Gasteiger partial charge on any atom is 0.119 e. The molecule has 136 valence electrons. The van der Waals surface area contributed by atoms with Crippen LogP contribution >= 0.6 is 0 Å². The minimum Gasteiger partial charge on any atom is -0.494 e. The first-order valence-corrected chi connectivity index (χ1v) is 9.64. The summed E-state index contributed by atoms with van der Waals surface area (Å²) in [5.74, 6) is 2.14. The molecule has 0 bridgehead atoms. The van der Waals surface area contributed by atoms with Crippen LogP contribution in [0.2, 0.25) is 0 Å². The minimum absolute atomic E-state index is 0.480. The van der Waals surface area contributed by atoms with Crippen LogP contribution in [0.1, 0.15) is 57.6 Å². The van der Waals surface area contributed by atoms with Gasteiger partial charge in [0.2, 0.25) is 0 Å². The van der Waals surface area contributed by atoms with Crippen molar-refractivity contribution in [2.45, 2.75) is 52.9 Å². The smallest absolute Gasteiger partial charge is 0.119 e. The monoisotopic (exact) mass is 339 g/mol. The Hall–Kier alpha value is -1.96. The Morgan fingerprint density at radius 2 is 1.60 bits per heavy atom. The van der Waals surface area contributed by atoms with Gasteiger partial charge in [-0.2, -0.15) is 0 Å². The molecule has 0 aliphatic carbocycles. The molecule has 2 nitrogen and oxygen atoms in total. The first-order valence-electron chi connectivity index (χ1n) is 9.64. The molecule has 1 N–H and O–H groups in total. The molecule has 0 fully saturated rings. The van der Waals surface area contributed by atoms with Crippen molar-refractivity contribution >= 4 is 5.69 Å². The SMILES string of the molecule is CCCCOc1ccc(NCC(C)c2ccc(CC(C)C)cc2)cc1. The topological polar surface area (TPSA) is 21.3 Å². The molecule has 0 saturated heterocycles. The van der Waals surface area contributed by atoms with Gasteiger partial charge in [-0.25, -0.2) is 0 Å². The fourth-order valence-electron chi connectivity index (χ4n) is 2.85. The lowest BCUT2D eigenvalue weighted by Crippen LogP contribution is -2.10. The summed E-state index contributed by atoms with van der Waals surface area (Å²) >= 11 is 0. The summed E-state index contributed by atoms with van der Waals surface area (Å²) in [6.07, 6.45) is 3.42. The molecular weight excluding hydrogens is 306 g/mol. The molecule has 0 aliphatic heterocycles. The van der Waals surface area contributed by atoms with E-state index in [4.69, 9.17) is 4.74 Å². The molecule has 25 heavy (non-hydrogen) atoms. The highest BCUT2D eigenvalue weighted by atomic mass is 16.5. The number of hydrogen-bond donors (Lipinski definition) is 1. The zero-order valence-corrected chi connectivity index (χ0v) is 16.2. The predicted molar refractivity (Wildman–Crippen MR) is 109 cm³/mol. The van der Waals surface area contributed by atoms with Crippen LogP contribution in [0.25, 0.3) is 0 Å². The number of rotatable bonds is 10. The lowest BCUT2D eigenvalue weighted by Gasteiger charge is -2.15. The number of anilines is 1. The Labute approximate surface area is 153 Å². The van der Waals surface area contributed by atoms with Crippen LogP contribution in [0.15, 0.2) is 48.5 Å². The first-order chi connectivity index (χ1) is 12.1. The summed E-state index contributed by atoms with van der Waals surface area (Å²) < 4.78 is 5.71. The number of benzene rings is 2. The van der Waals surface area contributed by atoms with E-state index in [9.17, 15) is 0 Å². The van der Waals surface area contributed by atoms with Crippen molar-refractivity contribution in [3.8, 4) is 5.75 Å². The molecular formula is C23H33NO. The fraction of sp³-hybridized carbons (Fsp3) is 0.478. The molecule has 1 unspecified atom stereocenters. The quantitative estimate of drug-likeness (QED) is 0.514. The third kappa shape index (κ3) is 6.81. The van der Waals surface area contributed by atoms with Crippen LogP contribution in [0.4, 0.5) is 5.69 Å². The van der Waals surface area contributed by atoms with Crippen LogP contribution in [0.5, 0.6) is 5.75 Å². The van der Waals surface area contributed by atoms with E-state index in [-0.39, 0.29) is 0 Å². The summed E-state index contributed by atoms with van der Waals surface area (Å²) in [4.78, 5) is 0. The summed E-state index contributed by atoms with van der Waals surface area (Å²) in [5.41, 5.74) is 3.96. The van der Waals surface area contributed by atoms with Gasteiger partial charge in [0.1, 0.15) is 5.75 Å². The molecule has 0 aromatic heterocycles. The fourth-order valence-corrected chi connectivity index (χ4v) is 2.85. The Morgan fingerprint density at radius 1 is 0.920 bits per heavy atom. The van der Waals surface area contributed by atoms with E-state index in [1.54, 1.807) is 0 Å². The van der Waals surface area contributed by atoms with Gasteiger partial charge in [-0.1, -0.05) is 58.4 Å². The Kier molecular flexibility index (Phi) is 7.84. The highest BCUT2D eigenvalue weighted by molar-refractivity contribution is 5.46.